The van der Waals surface area contributed by atoms with Gasteiger partial charge in [0.25, 0.3) is 0 Å². The summed E-state index contributed by atoms with van der Waals surface area (Å²) in [6.07, 6.45) is 2.40. The van der Waals surface area contributed by atoms with Crippen molar-refractivity contribution in [1.29, 1.82) is 0 Å². The molecule has 2 unspecified atom stereocenters. The smallest absolute Gasteiger partial charge is 0.222 e. The first-order valence-corrected chi connectivity index (χ1v) is 7.18. The van der Waals surface area contributed by atoms with Gasteiger partial charge < -0.3 is 10.6 Å². The van der Waals surface area contributed by atoms with E-state index in [-0.39, 0.29) is 17.1 Å². The Balaban J connectivity index is 2.29. The number of hydrogen-bond acceptors (Lipinski definition) is 4. The molecule has 1 fully saturated rings. The van der Waals surface area contributed by atoms with Gasteiger partial charge in [-0.15, -0.1) is 0 Å². The van der Waals surface area contributed by atoms with Crippen LogP contribution in [-0.2, 0) is 9.59 Å². The van der Waals surface area contributed by atoms with Crippen LogP contribution in [0, 0.1) is 5.92 Å². The van der Waals surface area contributed by atoms with Crippen molar-refractivity contribution in [3.63, 3.8) is 0 Å². The highest BCUT2D eigenvalue weighted by atomic mass is 32.2. The number of nitrogens with zero attached hydrogens (tertiary/aromatic N) is 1. The van der Waals surface area contributed by atoms with Gasteiger partial charge in [-0.3, -0.25) is 9.59 Å². The van der Waals surface area contributed by atoms with E-state index in [0.29, 0.717) is 12.3 Å². The van der Waals surface area contributed by atoms with Crippen LogP contribution in [0.2, 0.25) is 0 Å². The molecule has 0 spiro atoms. The molecule has 98 valence electrons. The number of carbonyl (C=O) groups is 2. The van der Waals surface area contributed by atoms with E-state index in [1.807, 2.05) is 4.90 Å². The van der Waals surface area contributed by atoms with Gasteiger partial charge in [0.05, 0.1) is 0 Å². The van der Waals surface area contributed by atoms with Gasteiger partial charge in [0.2, 0.25) is 5.91 Å². The Morgan fingerprint density at radius 3 is 2.94 bits per heavy atom. The number of likely N-dealkylation sites (tertiary alicyclic amines) is 1. The molecule has 1 amide bonds. The van der Waals surface area contributed by atoms with Gasteiger partial charge in [0, 0.05) is 38.2 Å². The molecule has 0 aliphatic carbocycles. The van der Waals surface area contributed by atoms with Gasteiger partial charge >= 0.3 is 0 Å². The summed E-state index contributed by atoms with van der Waals surface area (Å²) in [7, 11) is 0. The van der Waals surface area contributed by atoms with Gasteiger partial charge in [-0.05, 0) is 18.8 Å². The van der Waals surface area contributed by atoms with Crippen LogP contribution in [0.4, 0.5) is 0 Å². The van der Waals surface area contributed by atoms with Crippen molar-refractivity contribution in [2.45, 2.75) is 39.2 Å². The van der Waals surface area contributed by atoms with Crippen molar-refractivity contribution in [2.75, 3.05) is 18.8 Å². The molecule has 1 heterocycles. The average molecular weight is 258 g/mol. The van der Waals surface area contributed by atoms with Gasteiger partial charge in [-0.1, -0.05) is 18.7 Å². The zero-order valence-electron chi connectivity index (χ0n) is 10.6. The van der Waals surface area contributed by atoms with Gasteiger partial charge in [-0.25, -0.2) is 0 Å². The van der Waals surface area contributed by atoms with Crippen LogP contribution >= 0.6 is 11.8 Å². The Morgan fingerprint density at radius 2 is 2.35 bits per heavy atom. The van der Waals surface area contributed by atoms with Crippen LogP contribution in [0.1, 0.15) is 33.1 Å². The summed E-state index contributed by atoms with van der Waals surface area (Å²) in [4.78, 5) is 24.5. The topological polar surface area (TPSA) is 63.4 Å². The van der Waals surface area contributed by atoms with Crippen LogP contribution in [0.5, 0.6) is 0 Å². The summed E-state index contributed by atoms with van der Waals surface area (Å²) >= 11 is 1.32. The first-order chi connectivity index (χ1) is 8.02. The predicted molar refractivity (Wildman–Crippen MR) is 70.7 cm³/mol. The van der Waals surface area contributed by atoms with Crippen molar-refractivity contribution in [1.82, 2.24) is 4.90 Å². The molecule has 5 heteroatoms. The van der Waals surface area contributed by atoms with Gasteiger partial charge in [-0.2, -0.15) is 0 Å². The number of amides is 1. The zero-order chi connectivity index (χ0) is 12.8. The van der Waals surface area contributed by atoms with Crippen LogP contribution in [0.15, 0.2) is 0 Å². The highest BCUT2D eigenvalue weighted by Gasteiger charge is 2.29. The maximum Gasteiger partial charge on any atom is 0.222 e. The maximum absolute atomic E-state index is 11.7. The molecule has 17 heavy (non-hydrogen) atoms. The molecular weight excluding hydrogens is 236 g/mol. The molecule has 0 aromatic heterocycles. The third kappa shape index (κ3) is 5.08. The summed E-state index contributed by atoms with van der Waals surface area (Å²) in [6.45, 7) is 5.17. The van der Waals surface area contributed by atoms with Crippen LogP contribution in [0.3, 0.4) is 0 Å². The van der Waals surface area contributed by atoms with Crippen molar-refractivity contribution in [2.24, 2.45) is 11.7 Å². The average Bonchev–Trinajstić information content (AvgIpc) is 2.64. The van der Waals surface area contributed by atoms with Crippen LogP contribution < -0.4 is 5.73 Å². The molecule has 1 saturated heterocycles. The second-order valence-electron chi connectivity index (χ2n) is 4.67. The number of carbonyl (C=O) groups excluding carboxylic acids is 2. The Labute approximate surface area is 107 Å². The summed E-state index contributed by atoms with van der Waals surface area (Å²) in [5.74, 6) is 1.30. The highest BCUT2D eigenvalue weighted by molar-refractivity contribution is 8.13. The molecule has 0 aromatic carbocycles. The fourth-order valence-electron chi connectivity index (χ4n) is 1.94. The van der Waals surface area contributed by atoms with Crippen LogP contribution in [-0.4, -0.2) is 40.8 Å². The molecule has 1 aliphatic rings. The third-order valence-electron chi connectivity index (χ3n) is 3.11. The lowest BCUT2D eigenvalue weighted by Crippen LogP contribution is -2.31. The first kappa shape index (κ1) is 14.5. The first-order valence-electron chi connectivity index (χ1n) is 6.19. The van der Waals surface area contributed by atoms with Crippen molar-refractivity contribution >= 4 is 22.8 Å². The lowest BCUT2D eigenvalue weighted by molar-refractivity contribution is -0.127. The molecule has 0 saturated carbocycles. The Morgan fingerprint density at radius 1 is 1.65 bits per heavy atom. The summed E-state index contributed by atoms with van der Waals surface area (Å²) in [5.41, 5.74) is 5.84. The van der Waals surface area contributed by atoms with E-state index in [4.69, 9.17) is 5.73 Å². The fourth-order valence-corrected chi connectivity index (χ4v) is 2.64. The van der Waals surface area contributed by atoms with E-state index in [2.05, 4.69) is 6.92 Å². The van der Waals surface area contributed by atoms with E-state index in [0.717, 1.165) is 31.7 Å². The predicted octanol–water partition coefficient (Wildman–Crippen LogP) is 1.24. The fraction of sp³-hybridized carbons (Fsp3) is 0.833. The normalized spacial score (nSPS) is 21.9. The standard InChI is InChI=1S/C12H22N2O2S/c1-3-11(13)4-5-14-7-10(6-12(14)16)8-17-9(2)15/h10-11H,3-8,13H2,1-2H3. The molecule has 4 nitrogen and oxygen atoms in total. The minimum absolute atomic E-state index is 0.129. The Hall–Kier alpha value is -0.550. The largest absolute Gasteiger partial charge is 0.342 e. The highest BCUT2D eigenvalue weighted by Crippen LogP contribution is 2.22. The zero-order valence-corrected chi connectivity index (χ0v) is 11.5. The molecule has 1 aliphatic heterocycles. The Bertz CT molecular complexity index is 284. The van der Waals surface area contributed by atoms with E-state index in [1.165, 1.54) is 11.8 Å². The van der Waals surface area contributed by atoms with E-state index >= 15 is 0 Å². The molecule has 0 radical (unpaired) electrons. The minimum Gasteiger partial charge on any atom is -0.342 e. The molecule has 0 aromatic rings. The van der Waals surface area contributed by atoms with E-state index in [1.54, 1.807) is 6.92 Å². The van der Waals surface area contributed by atoms with Gasteiger partial charge in [0.15, 0.2) is 5.12 Å². The summed E-state index contributed by atoms with van der Waals surface area (Å²) in [5, 5.41) is 0.129. The molecular formula is C12H22N2O2S. The number of nitrogens with two attached hydrogens (primary N) is 1. The summed E-state index contributed by atoms with van der Waals surface area (Å²) in [6, 6.07) is 0.188. The van der Waals surface area contributed by atoms with Crippen molar-refractivity contribution < 1.29 is 9.59 Å². The van der Waals surface area contributed by atoms with Gasteiger partial charge in [0.1, 0.15) is 0 Å². The lowest BCUT2D eigenvalue weighted by Gasteiger charge is -2.18. The number of thioether (sulfide) groups is 1. The minimum atomic E-state index is 0.129. The quantitative estimate of drug-likeness (QED) is 0.778. The molecule has 0 bridgehead atoms. The molecule has 1 rings (SSSR count). The monoisotopic (exact) mass is 258 g/mol. The summed E-state index contributed by atoms with van der Waals surface area (Å²) < 4.78 is 0. The maximum atomic E-state index is 11.7. The number of rotatable bonds is 6. The second kappa shape index (κ2) is 7.01. The SMILES string of the molecule is CCC(N)CCN1CC(CSC(C)=O)CC1=O. The van der Waals surface area contributed by atoms with E-state index < -0.39 is 0 Å². The lowest BCUT2D eigenvalue weighted by atomic mass is 10.1. The van der Waals surface area contributed by atoms with E-state index in [9.17, 15) is 9.59 Å². The van der Waals surface area contributed by atoms with Crippen molar-refractivity contribution in [3.05, 3.63) is 0 Å². The Kier molecular flexibility index (Phi) is 5.98. The molecule has 2 atom stereocenters. The number of hydrogen-bond donors (Lipinski definition) is 1. The van der Waals surface area contributed by atoms with Crippen LogP contribution in [0.25, 0.3) is 0 Å². The van der Waals surface area contributed by atoms with Crippen molar-refractivity contribution in [3.8, 4) is 0 Å². The second-order valence-corrected chi connectivity index (χ2v) is 5.87. The third-order valence-corrected chi connectivity index (χ3v) is 4.16. The molecule has 2 N–H and O–H groups in total.